The van der Waals surface area contributed by atoms with Crippen LogP contribution in [0, 0.1) is 10.8 Å². The molecule has 180 valence electrons. The molecule has 2 N–H and O–H groups in total. The summed E-state index contributed by atoms with van der Waals surface area (Å²) in [6.07, 6.45) is 8.13. The van der Waals surface area contributed by atoms with Crippen LogP contribution in [0.1, 0.15) is 60.8 Å². The fourth-order valence-corrected chi connectivity index (χ4v) is 6.35. The average Bonchev–Trinajstić information content (AvgIpc) is 3.27. The van der Waals surface area contributed by atoms with Crippen molar-refractivity contribution in [2.24, 2.45) is 0 Å². The van der Waals surface area contributed by atoms with E-state index in [0.29, 0.717) is 25.7 Å². The molecule has 4 aromatic heterocycles. The van der Waals surface area contributed by atoms with Crippen molar-refractivity contribution in [1.82, 2.24) is 18.8 Å². The van der Waals surface area contributed by atoms with Gasteiger partial charge in [0.05, 0.1) is 0 Å². The fourth-order valence-electron chi connectivity index (χ4n) is 6.35. The summed E-state index contributed by atoms with van der Waals surface area (Å²) in [6, 6.07) is 0. The number of nitrogens with zero attached hydrogens (tertiary/aromatic N) is 4. The molecule has 0 fully saturated rings. The molecule has 0 bridgehead atoms. The molecule has 0 aliphatic heterocycles. The van der Waals surface area contributed by atoms with Gasteiger partial charge >= 0.3 is 0 Å². The van der Waals surface area contributed by atoms with E-state index in [1.54, 1.807) is 0 Å². The first-order chi connectivity index (χ1) is 17.4. The summed E-state index contributed by atoms with van der Waals surface area (Å²) < 4.78 is 2.42. The van der Waals surface area contributed by atoms with Gasteiger partial charge in [-0.2, -0.15) is 4.98 Å². The van der Waals surface area contributed by atoms with Crippen LogP contribution in [0.2, 0.25) is 0 Å². The number of hydrogen-bond acceptors (Lipinski definition) is 8. The van der Waals surface area contributed by atoms with Gasteiger partial charge in [-0.05, 0) is 51.4 Å². The first-order valence-electron chi connectivity index (χ1n) is 12.5. The lowest BCUT2D eigenvalue weighted by atomic mass is 9.95. The Morgan fingerprint density at radius 2 is 1.11 bits per heavy atom. The summed E-state index contributed by atoms with van der Waals surface area (Å²) in [7, 11) is 0. The summed E-state index contributed by atoms with van der Waals surface area (Å²) in [6.45, 7) is 0. The minimum Gasteiger partial charge on any atom is -0.287 e. The lowest BCUT2D eigenvalue weighted by molar-refractivity contribution is 0.617. The van der Waals surface area contributed by atoms with E-state index in [9.17, 15) is 19.2 Å². The fraction of sp³-hybridized carbons (Fsp3) is 0.385. The smallest absolute Gasteiger partial charge is 0.285 e. The Morgan fingerprint density at radius 3 is 1.75 bits per heavy atom. The van der Waals surface area contributed by atoms with E-state index >= 15 is 0 Å². The van der Waals surface area contributed by atoms with Crippen LogP contribution in [-0.2, 0) is 25.7 Å². The van der Waals surface area contributed by atoms with Gasteiger partial charge in [-0.15, -0.1) is 0 Å². The highest BCUT2D eigenvalue weighted by atomic mass is 16.2. The summed E-state index contributed by atoms with van der Waals surface area (Å²) in [4.78, 5) is 63.0. The van der Waals surface area contributed by atoms with Crippen LogP contribution in [0.5, 0.6) is 0 Å². The second kappa shape index (κ2) is 7.22. The molecule has 0 amide bonds. The number of benzene rings is 1. The van der Waals surface area contributed by atoms with Crippen molar-refractivity contribution < 1.29 is 0 Å². The van der Waals surface area contributed by atoms with E-state index in [4.69, 9.17) is 10.8 Å². The molecule has 4 heterocycles. The molecule has 10 heteroatoms. The lowest BCUT2D eigenvalue weighted by Gasteiger charge is -2.09. The number of fused-ring (bicyclic) bond motifs is 9. The lowest BCUT2D eigenvalue weighted by Crippen LogP contribution is -2.34. The van der Waals surface area contributed by atoms with Gasteiger partial charge in [0.25, 0.3) is 11.1 Å². The Balaban J connectivity index is 1.73. The van der Waals surface area contributed by atoms with Crippen molar-refractivity contribution in [3.05, 3.63) is 74.4 Å². The predicted octanol–water partition coefficient (Wildman–Crippen LogP) is 0.539. The predicted molar refractivity (Wildman–Crippen MR) is 132 cm³/mol. The maximum absolute atomic E-state index is 13.9. The number of rotatable bonds is 0. The van der Waals surface area contributed by atoms with E-state index in [1.165, 1.54) is 4.40 Å². The van der Waals surface area contributed by atoms with E-state index < -0.39 is 32.7 Å². The number of hydrogen-bond donors (Lipinski definition) is 2. The Labute approximate surface area is 201 Å². The average molecular weight is 483 g/mol. The molecule has 0 saturated carbocycles. The monoisotopic (exact) mass is 482 g/mol. The molecule has 0 saturated heterocycles. The van der Waals surface area contributed by atoms with Crippen LogP contribution in [0.15, 0.2) is 19.2 Å². The molecule has 0 radical (unpaired) electrons. The normalized spacial score (nSPS) is 16.4. The van der Waals surface area contributed by atoms with Crippen LogP contribution in [0.3, 0.4) is 0 Å². The molecule has 36 heavy (non-hydrogen) atoms. The van der Waals surface area contributed by atoms with Gasteiger partial charge in [-0.1, -0.05) is 12.8 Å². The third-order valence-electron chi connectivity index (χ3n) is 8.06. The van der Waals surface area contributed by atoms with Gasteiger partial charge in [0.1, 0.15) is 44.1 Å². The summed E-state index contributed by atoms with van der Waals surface area (Å²) >= 11 is 0. The highest BCUT2D eigenvalue weighted by Gasteiger charge is 2.28. The summed E-state index contributed by atoms with van der Waals surface area (Å²) in [5.41, 5.74) is -0.409. The Morgan fingerprint density at radius 1 is 0.583 bits per heavy atom. The zero-order chi connectivity index (χ0) is 24.9. The topological polar surface area (TPSA) is 151 Å². The maximum atomic E-state index is 13.9. The van der Waals surface area contributed by atoms with Crippen LogP contribution < -0.4 is 33.0 Å². The number of nitrogens with one attached hydrogen (secondary N) is 2. The molecular formula is C26H22N6O4. The summed E-state index contributed by atoms with van der Waals surface area (Å²) in [5.74, 6) is 0. The van der Waals surface area contributed by atoms with Gasteiger partial charge in [-0.3, -0.25) is 34.4 Å². The maximum Gasteiger partial charge on any atom is 0.285 e. The zero-order valence-electron chi connectivity index (χ0n) is 19.5. The van der Waals surface area contributed by atoms with Gasteiger partial charge in [0.2, 0.25) is 10.9 Å². The molecule has 0 spiro atoms. The Kier molecular flexibility index (Phi) is 4.26. The van der Waals surface area contributed by atoms with Crippen molar-refractivity contribution >= 4 is 33.1 Å². The molecule has 2 aliphatic rings. The zero-order valence-corrected chi connectivity index (χ0v) is 19.5. The highest BCUT2D eigenvalue weighted by molar-refractivity contribution is 5.95. The molecule has 0 atom stereocenters. The van der Waals surface area contributed by atoms with E-state index in [1.807, 2.05) is 0 Å². The molecular weight excluding hydrogens is 460 g/mol. The highest BCUT2D eigenvalue weighted by Crippen LogP contribution is 2.24. The minimum absolute atomic E-state index is 0.00949. The first-order valence-corrected chi connectivity index (χ1v) is 12.5. The Hall–Kier alpha value is -4.08. The minimum atomic E-state index is -0.839. The van der Waals surface area contributed by atoms with Crippen molar-refractivity contribution in [1.29, 1.82) is 10.8 Å². The van der Waals surface area contributed by atoms with E-state index in [2.05, 4.69) is 9.97 Å². The van der Waals surface area contributed by atoms with Gasteiger partial charge < -0.3 is 0 Å². The SMILES string of the molecule is N=c1c2c(c3nc4c(=O)c5c(=O)nc6c7c(c(=N)n6c5c(=O)c4c(=O)n13)CCCC7)CCCCCC2. The second-order valence-corrected chi connectivity index (χ2v) is 9.99. The third kappa shape index (κ3) is 2.51. The van der Waals surface area contributed by atoms with Gasteiger partial charge in [0, 0.05) is 22.3 Å². The molecule has 1 aromatic carbocycles. The third-order valence-corrected chi connectivity index (χ3v) is 8.06. The van der Waals surface area contributed by atoms with Crippen LogP contribution >= 0.6 is 0 Å². The second-order valence-electron chi connectivity index (χ2n) is 9.99. The molecule has 2 aliphatic carbocycles. The van der Waals surface area contributed by atoms with E-state index in [-0.39, 0.29) is 33.3 Å². The van der Waals surface area contributed by atoms with Crippen molar-refractivity contribution in [2.45, 2.75) is 64.2 Å². The quantitative estimate of drug-likeness (QED) is 0.308. The molecule has 5 aromatic rings. The largest absolute Gasteiger partial charge is 0.287 e. The van der Waals surface area contributed by atoms with Crippen molar-refractivity contribution in [3.63, 3.8) is 0 Å². The van der Waals surface area contributed by atoms with Crippen molar-refractivity contribution in [3.8, 4) is 0 Å². The van der Waals surface area contributed by atoms with Crippen LogP contribution in [0.25, 0.3) is 33.1 Å². The van der Waals surface area contributed by atoms with Gasteiger partial charge in [-0.25, -0.2) is 9.38 Å². The van der Waals surface area contributed by atoms with Gasteiger partial charge in [0.15, 0.2) is 0 Å². The molecule has 7 rings (SSSR count). The Bertz CT molecular complexity index is 2130. The standard InChI is InChI=1S/C26H22N6O4/c27-21-11-8-5-6-10-14(11)24-30-25(35)16-18(31(21)24)20(34)15-17(19(16)33)29-23-13-9-4-2-1-3-7-12(13)22(28)32(23)26(15)36/h27-28H,1-10H2. The van der Waals surface area contributed by atoms with Crippen molar-refractivity contribution in [2.75, 3.05) is 0 Å². The molecule has 0 unspecified atom stereocenters. The van der Waals surface area contributed by atoms with E-state index in [0.717, 1.165) is 65.2 Å². The van der Waals surface area contributed by atoms with Crippen LogP contribution in [-0.4, -0.2) is 18.8 Å². The summed E-state index contributed by atoms with van der Waals surface area (Å²) in [5, 5.41) is 16.6. The number of aromatic nitrogens is 4. The number of aryl methyl sites for hydroxylation is 2. The van der Waals surface area contributed by atoms with Crippen LogP contribution in [0.4, 0.5) is 0 Å². The first kappa shape index (κ1) is 21.2. The molecule has 10 nitrogen and oxygen atoms in total.